The Balaban J connectivity index is 1.78. The van der Waals surface area contributed by atoms with E-state index in [2.05, 4.69) is 120 Å². The van der Waals surface area contributed by atoms with Gasteiger partial charge in [0.25, 0.3) is 0 Å². The van der Waals surface area contributed by atoms with Crippen molar-refractivity contribution in [3.63, 3.8) is 0 Å². The third kappa shape index (κ3) is 4.34. The van der Waals surface area contributed by atoms with Crippen LogP contribution in [0.4, 0.5) is 0 Å². The Bertz CT molecular complexity index is 1280. The molecule has 1 fully saturated rings. The summed E-state index contributed by atoms with van der Waals surface area (Å²) in [6, 6.07) is 21.7. The van der Waals surface area contributed by atoms with Crippen LogP contribution in [-0.4, -0.2) is 11.6 Å². The molecule has 35 heavy (non-hydrogen) atoms. The van der Waals surface area contributed by atoms with Gasteiger partial charge in [-0.3, -0.25) is 0 Å². The lowest BCUT2D eigenvalue weighted by Crippen LogP contribution is -2.50. The molecule has 3 aromatic rings. The largest absolute Gasteiger partial charge is 0.456 e. The van der Waals surface area contributed by atoms with Gasteiger partial charge >= 0.3 is 5.97 Å². The molecule has 0 N–H and O–H groups in total. The highest BCUT2D eigenvalue weighted by Crippen LogP contribution is 2.63. The summed E-state index contributed by atoms with van der Waals surface area (Å²) in [6.07, 6.45) is 3.15. The van der Waals surface area contributed by atoms with Gasteiger partial charge in [0.2, 0.25) is 0 Å². The lowest BCUT2D eigenvalue weighted by atomic mass is 9.52. The summed E-state index contributed by atoms with van der Waals surface area (Å²) in [5, 5.41) is 0. The first-order valence-corrected chi connectivity index (χ1v) is 13.8. The van der Waals surface area contributed by atoms with Crippen molar-refractivity contribution >= 4 is 37.8 Å². The zero-order chi connectivity index (χ0) is 24.9. The van der Waals surface area contributed by atoms with Crippen molar-refractivity contribution < 1.29 is 9.53 Å². The molecule has 180 valence electrons. The molecule has 1 saturated carbocycles. The van der Waals surface area contributed by atoms with Gasteiger partial charge in [0.05, 0.1) is 0 Å². The van der Waals surface area contributed by atoms with Gasteiger partial charge in [0, 0.05) is 20.9 Å². The maximum Gasteiger partial charge on any atom is 0.330 e. The van der Waals surface area contributed by atoms with Crippen molar-refractivity contribution in [1.82, 2.24) is 0 Å². The molecule has 0 saturated heterocycles. The zero-order valence-corrected chi connectivity index (χ0v) is 23.5. The average molecular weight is 594 g/mol. The van der Waals surface area contributed by atoms with Crippen LogP contribution in [-0.2, 0) is 9.53 Å². The summed E-state index contributed by atoms with van der Waals surface area (Å²) in [6.45, 7) is 10.4. The number of rotatable bonds is 5. The molecule has 4 atom stereocenters. The Morgan fingerprint density at radius 2 is 1.46 bits per heavy atom. The second kappa shape index (κ2) is 9.37. The predicted molar refractivity (Wildman–Crippen MR) is 150 cm³/mol. The second-order valence-corrected chi connectivity index (χ2v) is 12.3. The molecular formula is C31H30Br2O2. The van der Waals surface area contributed by atoms with Crippen LogP contribution in [0.25, 0.3) is 22.3 Å². The van der Waals surface area contributed by atoms with E-state index in [1.807, 2.05) is 0 Å². The standard InChI is InChI=1S/C31H30Br2O2/c1-5-28(34)35-31(4)17-26-25(18(2)3)16-27(31)30-24(20-8-12-22(33)13-9-20)15-14-23(29(26)30)19-6-10-21(32)11-7-19/h5-15,18,25-27H,1,16-17H2,2-4H3. The molecule has 4 unspecified atom stereocenters. The normalized spacial score (nSPS) is 24.8. The Hall–Kier alpha value is -2.17. The zero-order valence-electron chi connectivity index (χ0n) is 20.4. The highest BCUT2D eigenvalue weighted by molar-refractivity contribution is 9.10. The minimum atomic E-state index is -0.559. The maximum absolute atomic E-state index is 12.5. The van der Waals surface area contributed by atoms with Crippen molar-refractivity contribution in [2.45, 2.75) is 51.0 Å². The van der Waals surface area contributed by atoms with E-state index in [1.165, 1.54) is 39.5 Å². The summed E-state index contributed by atoms with van der Waals surface area (Å²) in [4.78, 5) is 12.5. The quantitative estimate of drug-likeness (QED) is 0.218. The Morgan fingerprint density at radius 3 is 1.94 bits per heavy atom. The van der Waals surface area contributed by atoms with E-state index in [4.69, 9.17) is 4.74 Å². The molecule has 0 aliphatic heterocycles. The molecule has 3 aromatic carbocycles. The van der Waals surface area contributed by atoms with Gasteiger partial charge in [0.1, 0.15) is 5.60 Å². The smallest absolute Gasteiger partial charge is 0.330 e. The van der Waals surface area contributed by atoms with Crippen molar-refractivity contribution in [3.8, 4) is 22.3 Å². The monoisotopic (exact) mass is 592 g/mol. The van der Waals surface area contributed by atoms with Gasteiger partial charge in [-0.15, -0.1) is 0 Å². The fourth-order valence-corrected chi connectivity index (χ4v) is 6.98. The topological polar surface area (TPSA) is 26.3 Å². The number of benzene rings is 3. The van der Waals surface area contributed by atoms with Crippen molar-refractivity contribution in [1.29, 1.82) is 0 Å². The third-order valence-electron chi connectivity index (χ3n) is 8.06. The molecule has 3 aliphatic rings. The lowest BCUT2D eigenvalue weighted by molar-refractivity contribution is -0.161. The molecule has 0 heterocycles. The number of carbonyl (C=O) groups excluding carboxylic acids is 1. The maximum atomic E-state index is 12.5. The first-order valence-electron chi connectivity index (χ1n) is 12.3. The lowest BCUT2D eigenvalue weighted by Gasteiger charge is -2.55. The molecule has 6 rings (SSSR count). The number of fused-ring (bicyclic) bond motifs is 2. The summed E-state index contributed by atoms with van der Waals surface area (Å²) in [5.41, 5.74) is 7.19. The highest BCUT2D eigenvalue weighted by atomic mass is 79.9. The molecule has 2 bridgehead atoms. The van der Waals surface area contributed by atoms with E-state index >= 15 is 0 Å². The minimum absolute atomic E-state index is 0.118. The van der Waals surface area contributed by atoms with E-state index in [0.29, 0.717) is 17.8 Å². The van der Waals surface area contributed by atoms with E-state index in [9.17, 15) is 4.79 Å². The van der Waals surface area contributed by atoms with Crippen molar-refractivity contribution in [2.24, 2.45) is 11.8 Å². The minimum Gasteiger partial charge on any atom is -0.456 e. The van der Waals surface area contributed by atoms with Crippen LogP contribution in [0.15, 0.2) is 82.3 Å². The van der Waals surface area contributed by atoms with Gasteiger partial charge in [0.15, 0.2) is 0 Å². The predicted octanol–water partition coefficient (Wildman–Crippen LogP) is 9.28. The molecule has 3 aliphatic carbocycles. The Kier molecular flexibility index (Phi) is 6.56. The van der Waals surface area contributed by atoms with Crippen LogP contribution in [0.2, 0.25) is 0 Å². The first-order chi connectivity index (χ1) is 16.7. The first kappa shape index (κ1) is 24.5. The fourth-order valence-electron chi connectivity index (χ4n) is 6.45. The van der Waals surface area contributed by atoms with Crippen LogP contribution in [0.3, 0.4) is 0 Å². The number of esters is 1. The van der Waals surface area contributed by atoms with Gasteiger partial charge in [-0.1, -0.05) is 88.7 Å². The Labute approximate surface area is 225 Å². The molecule has 4 heteroatoms. The van der Waals surface area contributed by atoms with E-state index < -0.39 is 5.60 Å². The van der Waals surface area contributed by atoms with Gasteiger partial charge < -0.3 is 4.74 Å². The van der Waals surface area contributed by atoms with Crippen molar-refractivity contribution in [3.05, 3.63) is 93.4 Å². The van der Waals surface area contributed by atoms with Crippen molar-refractivity contribution in [2.75, 3.05) is 0 Å². The summed E-state index contributed by atoms with van der Waals surface area (Å²) in [5.74, 6) is 1.18. The Morgan fingerprint density at radius 1 is 0.943 bits per heavy atom. The summed E-state index contributed by atoms with van der Waals surface area (Å²) in [7, 11) is 0. The van der Waals surface area contributed by atoms with Crippen LogP contribution in [0.5, 0.6) is 0 Å². The van der Waals surface area contributed by atoms with Crippen LogP contribution < -0.4 is 0 Å². The molecule has 0 amide bonds. The molecule has 0 spiro atoms. The van der Waals surface area contributed by atoms with Gasteiger partial charge in [-0.25, -0.2) is 4.79 Å². The van der Waals surface area contributed by atoms with Gasteiger partial charge in [-0.05, 0) is 95.2 Å². The van der Waals surface area contributed by atoms with Crippen LogP contribution in [0.1, 0.15) is 56.6 Å². The SMILES string of the molecule is C=CC(=O)OC1(C)CC2c3c(-c4ccc(Br)cc4)ccc(-c4ccc(Br)cc4)c3C1CC2C(C)C. The van der Waals surface area contributed by atoms with E-state index in [-0.39, 0.29) is 11.9 Å². The van der Waals surface area contributed by atoms with Gasteiger partial charge in [-0.2, -0.15) is 0 Å². The van der Waals surface area contributed by atoms with E-state index in [1.54, 1.807) is 0 Å². The number of carbonyl (C=O) groups is 1. The van der Waals surface area contributed by atoms with Crippen LogP contribution in [0, 0.1) is 11.8 Å². The number of halogens is 2. The summed E-state index contributed by atoms with van der Waals surface area (Å²) < 4.78 is 8.29. The third-order valence-corrected chi connectivity index (χ3v) is 9.12. The molecule has 2 nitrogen and oxygen atoms in total. The highest BCUT2D eigenvalue weighted by Gasteiger charge is 2.55. The second-order valence-electron chi connectivity index (χ2n) is 10.4. The molecular weight excluding hydrogens is 564 g/mol. The fraction of sp³-hybridized carbons (Fsp3) is 0.323. The van der Waals surface area contributed by atoms with Crippen LogP contribution >= 0.6 is 31.9 Å². The number of ether oxygens (including phenoxy) is 1. The molecule has 0 aromatic heterocycles. The summed E-state index contributed by atoms with van der Waals surface area (Å²) >= 11 is 7.17. The number of hydrogen-bond donors (Lipinski definition) is 0. The molecule has 0 radical (unpaired) electrons. The number of hydrogen-bond acceptors (Lipinski definition) is 2. The average Bonchev–Trinajstić information content (AvgIpc) is 2.84. The van der Waals surface area contributed by atoms with E-state index in [0.717, 1.165) is 21.8 Å².